The van der Waals surface area contributed by atoms with E-state index in [1.807, 2.05) is 9.80 Å². The smallest absolute Gasteiger partial charge is 0.240 e. The van der Waals surface area contributed by atoms with Crippen LogP contribution in [0.25, 0.3) is 0 Å². The minimum absolute atomic E-state index is 0.00708. The third-order valence-electron chi connectivity index (χ3n) is 5.65. The van der Waals surface area contributed by atoms with Crippen molar-refractivity contribution in [2.45, 2.75) is 51.6 Å². The van der Waals surface area contributed by atoms with Gasteiger partial charge in [-0.15, -0.1) is 0 Å². The number of hydrogen-bond acceptors (Lipinski definition) is 4. The van der Waals surface area contributed by atoms with Gasteiger partial charge in [0.05, 0.1) is 12.6 Å². The number of nitrogens with one attached hydrogen (secondary N) is 2. The van der Waals surface area contributed by atoms with Crippen molar-refractivity contribution in [3.63, 3.8) is 0 Å². The third kappa shape index (κ3) is 3.53. The summed E-state index contributed by atoms with van der Waals surface area (Å²) in [4.78, 5) is 29.1. The third-order valence-corrected chi connectivity index (χ3v) is 5.65. The fraction of sp³-hybridized carbons (Fsp3) is 0.882. The molecule has 6 heteroatoms. The Bertz CT molecular complexity index is 466. The Hall–Kier alpha value is -1.14. The summed E-state index contributed by atoms with van der Waals surface area (Å²) in [7, 11) is 0. The second-order valence-electron chi connectivity index (χ2n) is 7.82. The van der Waals surface area contributed by atoms with Gasteiger partial charge in [-0.2, -0.15) is 0 Å². The summed E-state index contributed by atoms with van der Waals surface area (Å²) in [6, 6.07) is 0.0997. The molecule has 23 heavy (non-hydrogen) atoms. The molecule has 0 unspecified atom stereocenters. The second kappa shape index (κ2) is 6.77. The van der Waals surface area contributed by atoms with E-state index >= 15 is 0 Å². The molecule has 0 aliphatic carbocycles. The number of rotatable bonds is 2. The lowest BCUT2D eigenvalue weighted by Gasteiger charge is -2.45. The molecule has 0 aromatic heterocycles. The van der Waals surface area contributed by atoms with Crippen molar-refractivity contribution in [2.24, 2.45) is 5.41 Å². The van der Waals surface area contributed by atoms with Gasteiger partial charge in [-0.1, -0.05) is 13.8 Å². The molecule has 0 saturated carbocycles. The monoisotopic (exact) mass is 322 g/mol. The summed E-state index contributed by atoms with van der Waals surface area (Å²) in [5, 5.41) is 6.55. The zero-order valence-electron chi connectivity index (χ0n) is 14.4. The molecule has 2 N–H and O–H groups in total. The minimum Gasteiger partial charge on any atom is -0.339 e. The first-order chi connectivity index (χ1) is 11.0. The minimum atomic E-state index is -0.0891. The molecule has 3 rings (SSSR count). The summed E-state index contributed by atoms with van der Waals surface area (Å²) in [5.41, 5.74) is 0.00708. The highest BCUT2D eigenvalue weighted by Crippen LogP contribution is 2.32. The molecule has 6 nitrogen and oxygen atoms in total. The zero-order valence-corrected chi connectivity index (χ0v) is 14.4. The van der Waals surface area contributed by atoms with E-state index in [0.29, 0.717) is 13.1 Å². The summed E-state index contributed by atoms with van der Waals surface area (Å²) in [6.45, 7) is 8.86. The van der Waals surface area contributed by atoms with E-state index in [0.717, 1.165) is 51.9 Å². The molecule has 3 saturated heterocycles. The Morgan fingerprint density at radius 1 is 1.22 bits per heavy atom. The highest BCUT2D eigenvalue weighted by molar-refractivity contribution is 5.83. The molecular weight excluding hydrogens is 292 g/mol. The lowest BCUT2D eigenvalue weighted by molar-refractivity contribution is -0.143. The number of amides is 2. The van der Waals surface area contributed by atoms with Gasteiger partial charge in [0.15, 0.2) is 0 Å². The van der Waals surface area contributed by atoms with Gasteiger partial charge in [0, 0.05) is 32.2 Å². The fourth-order valence-corrected chi connectivity index (χ4v) is 4.23. The lowest BCUT2D eigenvalue weighted by atomic mass is 9.77. The molecular formula is C17H30N4O2. The standard InChI is InChI=1S/C17H30N4O2/c1-17(2)6-4-7-19-15(17)16(23)20-9-3-5-13(12-20)21-10-8-18-11-14(21)22/h13,15,18-19H,3-12H2,1-2H3/t13-,15+/m1/s1. The van der Waals surface area contributed by atoms with Crippen LogP contribution < -0.4 is 10.6 Å². The van der Waals surface area contributed by atoms with E-state index in [2.05, 4.69) is 24.5 Å². The van der Waals surface area contributed by atoms with Crippen LogP contribution in [0.4, 0.5) is 0 Å². The van der Waals surface area contributed by atoms with Crippen LogP contribution in [0.15, 0.2) is 0 Å². The molecule has 0 aromatic carbocycles. The molecule has 0 spiro atoms. The van der Waals surface area contributed by atoms with Crippen LogP contribution in [-0.4, -0.2) is 73.0 Å². The van der Waals surface area contributed by atoms with Gasteiger partial charge in [0.1, 0.15) is 0 Å². The molecule has 3 aliphatic heterocycles. The Morgan fingerprint density at radius 2 is 2.04 bits per heavy atom. The molecule has 3 fully saturated rings. The number of nitrogens with zero attached hydrogens (tertiary/aromatic N) is 2. The molecule has 0 radical (unpaired) electrons. The van der Waals surface area contributed by atoms with Gasteiger partial charge in [-0.25, -0.2) is 0 Å². The van der Waals surface area contributed by atoms with Crippen molar-refractivity contribution in [1.29, 1.82) is 0 Å². The van der Waals surface area contributed by atoms with E-state index in [1.54, 1.807) is 0 Å². The number of piperidine rings is 2. The number of carbonyl (C=O) groups is 2. The largest absolute Gasteiger partial charge is 0.339 e. The highest BCUT2D eigenvalue weighted by Gasteiger charge is 2.41. The van der Waals surface area contributed by atoms with Crippen molar-refractivity contribution in [1.82, 2.24) is 20.4 Å². The van der Waals surface area contributed by atoms with Crippen LogP contribution in [0.1, 0.15) is 39.5 Å². The number of piperazine rings is 1. The van der Waals surface area contributed by atoms with Crippen molar-refractivity contribution in [2.75, 3.05) is 39.3 Å². The maximum absolute atomic E-state index is 13.0. The number of likely N-dealkylation sites (tertiary alicyclic amines) is 1. The van der Waals surface area contributed by atoms with Crippen LogP contribution in [0.2, 0.25) is 0 Å². The second-order valence-corrected chi connectivity index (χ2v) is 7.82. The molecule has 2 atom stereocenters. The molecule has 130 valence electrons. The van der Waals surface area contributed by atoms with Crippen molar-refractivity contribution >= 4 is 11.8 Å². The van der Waals surface area contributed by atoms with Crippen LogP contribution in [0.5, 0.6) is 0 Å². The van der Waals surface area contributed by atoms with Crippen molar-refractivity contribution < 1.29 is 9.59 Å². The van der Waals surface area contributed by atoms with E-state index in [9.17, 15) is 9.59 Å². The Kier molecular flexibility index (Phi) is 4.92. The van der Waals surface area contributed by atoms with Crippen LogP contribution in [0.3, 0.4) is 0 Å². The average Bonchev–Trinajstić information content (AvgIpc) is 2.54. The lowest BCUT2D eigenvalue weighted by Crippen LogP contribution is -2.61. The molecule has 3 heterocycles. The van der Waals surface area contributed by atoms with E-state index < -0.39 is 0 Å². The Balaban J connectivity index is 1.65. The molecule has 0 aromatic rings. The van der Waals surface area contributed by atoms with Gasteiger partial charge in [-0.05, 0) is 37.6 Å². The molecule has 3 aliphatic rings. The van der Waals surface area contributed by atoms with E-state index in [1.165, 1.54) is 0 Å². The predicted molar refractivity (Wildman–Crippen MR) is 89.0 cm³/mol. The first-order valence-corrected chi connectivity index (χ1v) is 9.01. The first-order valence-electron chi connectivity index (χ1n) is 9.01. The molecule has 0 bridgehead atoms. The van der Waals surface area contributed by atoms with E-state index in [4.69, 9.17) is 0 Å². The van der Waals surface area contributed by atoms with Crippen LogP contribution in [0, 0.1) is 5.41 Å². The average molecular weight is 322 g/mol. The summed E-state index contributed by atoms with van der Waals surface area (Å²) >= 11 is 0. The Morgan fingerprint density at radius 3 is 2.78 bits per heavy atom. The maximum Gasteiger partial charge on any atom is 0.240 e. The maximum atomic E-state index is 13.0. The summed E-state index contributed by atoms with van der Waals surface area (Å²) in [6.07, 6.45) is 4.22. The van der Waals surface area contributed by atoms with Crippen LogP contribution >= 0.6 is 0 Å². The Labute approximate surface area is 139 Å². The first kappa shape index (κ1) is 16.7. The number of carbonyl (C=O) groups excluding carboxylic acids is 2. The highest BCUT2D eigenvalue weighted by atomic mass is 16.2. The zero-order chi connectivity index (χ0) is 16.4. The van der Waals surface area contributed by atoms with Gasteiger partial charge < -0.3 is 20.4 Å². The normalized spacial score (nSPS) is 32.0. The van der Waals surface area contributed by atoms with Gasteiger partial charge in [0.2, 0.25) is 11.8 Å². The topological polar surface area (TPSA) is 64.7 Å². The summed E-state index contributed by atoms with van der Waals surface area (Å²) < 4.78 is 0. The van der Waals surface area contributed by atoms with Crippen molar-refractivity contribution in [3.8, 4) is 0 Å². The quantitative estimate of drug-likeness (QED) is 0.762. The SMILES string of the molecule is CC1(C)CCCN[C@H]1C(=O)N1CCC[C@@H](N2CCNCC2=O)C1. The van der Waals surface area contributed by atoms with E-state index in [-0.39, 0.29) is 29.3 Å². The van der Waals surface area contributed by atoms with Gasteiger partial charge in [0.25, 0.3) is 0 Å². The van der Waals surface area contributed by atoms with Crippen LogP contribution in [-0.2, 0) is 9.59 Å². The summed E-state index contributed by atoms with van der Waals surface area (Å²) in [5.74, 6) is 0.397. The number of hydrogen-bond donors (Lipinski definition) is 2. The van der Waals surface area contributed by atoms with Crippen molar-refractivity contribution in [3.05, 3.63) is 0 Å². The van der Waals surface area contributed by atoms with Gasteiger partial charge in [-0.3, -0.25) is 9.59 Å². The molecule has 2 amide bonds. The van der Waals surface area contributed by atoms with Gasteiger partial charge >= 0.3 is 0 Å². The predicted octanol–water partition coefficient (Wildman–Crippen LogP) is 0.187. The fourth-order valence-electron chi connectivity index (χ4n) is 4.23.